The third kappa shape index (κ3) is 2.75. The van der Waals surface area contributed by atoms with E-state index in [0.717, 1.165) is 5.56 Å². The zero-order valence-electron chi connectivity index (χ0n) is 13.5. The van der Waals surface area contributed by atoms with Crippen molar-refractivity contribution in [2.45, 2.75) is 6.54 Å². The number of aromatic nitrogens is 2. The molecule has 2 aromatic carbocycles. The van der Waals surface area contributed by atoms with E-state index < -0.39 is 10.6 Å². The molecule has 7 nitrogen and oxygen atoms in total. The number of hydrogen-bond acceptors (Lipinski definition) is 5. The maximum atomic E-state index is 12.6. The van der Waals surface area contributed by atoms with Crippen LogP contribution in [-0.4, -0.2) is 14.5 Å². The van der Waals surface area contributed by atoms with Gasteiger partial charge in [0.2, 0.25) is 0 Å². The van der Waals surface area contributed by atoms with Gasteiger partial charge >= 0.3 is 5.69 Å². The van der Waals surface area contributed by atoms with Gasteiger partial charge in [-0.2, -0.15) is 4.98 Å². The van der Waals surface area contributed by atoms with E-state index in [1.165, 1.54) is 23.0 Å². The van der Waals surface area contributed by atoms with Gasteiger partial charge in [0.25, 0.3) is 5.69 Å². The molecular formula is C19H13N3O4. The first-order chi connectivity index (χ1) is 12.6. The number of nitro groups is 1. The van der Waals surface area contributed by atoms with Crippen molar-refractivity contribution >= 4 is 16.6 Å². The second kappa shape index (κ2) is 6.29. The summed E-state index contributed by atoms with van der Waals surface area (Å²) in [6, 6.07) is 17.0. The summed E-state index contributed by atoms with van der Waals surface area (Å²) in [5, 5.41) is 11.7. The normalized spacial score (nSPS) is 10.9. The van der Waals surface area contributed by atoms with E-state index >= 15 is 0 Å². The zero-order chi connectivity index (χ0) is 18.1. The van der Waals surface area contributed by atoms with E-state index in [1.54, 1.807) is 18.2 Å². The first-order valence-corrected chi connectivity index (χ1v) is 7.90. The second-order valence-corrected chi connectivity index (χ2v) is 5.73. The largest absolute Gasteiger partial charge is 0.467 e. The van der Waals surface area contributed by atoms with E-state index in [-0.39, 0.29) is 12.2 Å². The number of furan rings is 1. The lowest BCUT2D eigenvalue weighted by molar-refractivity contribution is -0.384. The van der Waals surface area contributed by atoms with Crippen molar-refractivity contribution in [3.8, 4) is 11.3 Å². The Hall–Kier alpha value is -3.74. The zero-order valence-corrected chi connectivity index (χ0v) is 13.5. The highest BCUT2D eigenvalue weighted by molar-refractivity contribution is 5.93. The molecule has 26 heavy (non-hydrogen) atoms. The summed E-state index contributed by atoms with van der Waals surface area (Å²) in [5.41, 5.74) is 1.21. The minimum Gasteiger partial charge on any atom is -0.467 e. The molecule has 128 valence electrons. The van der Waals surface area contributed by atoms with Gasteiger partial charge < -0.3 is 4.42 Å². The average molecular weight is 347 g/mol. The van der Waals surface area contributed by atoms with E-state index in [0.29, 0.717) is 22.4 Å². The molecule has 0 saturated heterocycles. The average Bonchev–Trinajstić information content (AvgIpc) is 3.17. The summed E-state index contributed by atoms with van der Waals surface area (Å²) < 4.78 is 6.77. The van der Waals surface area contributed by atoms with Gasteiger partial charge in [0, 0.05) is 23.1 Å². The van der Waals surface area contributed by atoms with Crippen molar-refractivity contribution < 1.29 is 9.34 Å². The van der Waals surface area contributed by atoms with Crippen LogP contribution in [0.5, 0.6) is 0 Å². The monoisotopic (exact) mass is 347 g/mol. The second-order valence-electron chi connectivity index (χ2n) is 5.73. The summed E-state index contributed by atoms with van der Waals surface area (Å²) in [6.45, 7) is 0.197. The molecule has 0 amide bonds. The standard InChI is InChI=1S/C19H13N3O4/c23-19-20-18(13-5-2-1-3-6-13)16-11-14(22(24)25)8-9-17(16)21(19)12-15-7-4-10-26-15/h1-11H,12H2. The summed E-state index contributed by atoms with van der Waals surface area (Å²) in [7, 11) is 0. The Kier molecular flexibility index (Phi) is 3.81. The molecule has 0 radical (unpaired) electrons. The van der Waals surface area contributed by atoms with Crippen molar-refractivity contribution in [2.75, 3.05) is 0 Å². The highest BCUT2D eigenvalue weighted by Gasteiger charge is 2.16. The van der Waals surface area contributed by atoms with Crippen LogP contribution in [0, 0.1) is 10.1 Å². The van der Waals surface area contributed by atoms with Crippen LogP contribution in [0.15, 0.2) is 76.1 Å². The molecule has 2 heterocycles. The Morgan fingerprint density at radius 3 is 2.58 bits per heavy atom. The van der Waals surface area contributed by atoms with Gasteiger partial charge in [-0.25, -0.2) is 4.79 Å². The molecule has 0 aliphatic rings. The smallest absolute Gasteiger partial charge is 0.349 e. The number of hydrogen-bond donors (Lipinski definition) is 0. The van der Waals surface area contributed by atoms with Crippen molar-refractivity contribution in [1.29, 1.82) is 0 Å². The van der Waals surface area contributed by atoms with Crippen molar-refractivity contribution in [1.82, 2.24) is 9.55 Å². The maximum Gasteiger partial charge on any atom is 0.349 e. The lowest BCUT2D eigenvalue weighted by Crippen LogP contribution is -2.24. The highest BCUT2D eigenvalue weighted by atomic mass is 16.6. The van der Waals surface area contributed by atoms with E-state index in [4.69, 9.17) is 4.42 Å². The summed E-state index contributed by atoms with van der Waals surface area (Å²) in [4.78, 5) is 27.6. The minimum absolute atomic E-state index is 0.0559. The maximum absolute atomic E-state index is 12.6. The first-order valence-electron chi connectivity index (χ1n) is 7.90. The van der Waals surface area contributed by atoms with Gasteiger partial charge in [-0.15, -0.1) is 0 Å². The van der Waals surface area contributed by atoms with Crippen LogP contribution >= 0.6 is 0 Å². The van der Waals surface area contributed by atoms with Crippen LogP contribution in [0.3, 0.4) is 0 Å². The van der Waals surface area contributed by atoms with Crippen molar-refractivity contribution in [3.63, 3.8) is 0 Å². The molecule has 0 unspecified atom stereocenters. The van der Waals surface area contributed by atoms with E-state index in [2.05, 4.69) is 4.98 Å². The van der Waals surface area contributed by atoms with E-state index in [1.807, 2.05) is 30.3 Å². The van der Waals surface area contributed by atoms with Crippen molar-refractivity contribution in [2.24, 2.45) is 0 Å². The Balaban J connectivity index is 2.01. The van der Waals surface area contributed by atoms with Gasteiger partial charge in [-0.1, -0.05) is 30.3 Å². The summed E-state index contributed by atoms with van der Waals surface area (Å²) >= 11 is 0. The summed E-state index contributed by atoms with van der Waals surface area (Å²) in [6.07, 6.45) is 1.53. The first kappa shape index (κ1) is 15.8. The SMILES string of the molecule is O=c1nc(-c2ccccc2)c2cc([N+](=O)[O-])ccc2n1Cc1ccco1. The summed E-state index contributed by atoms with van der Waals surface area (Å²) in [5.74, 6) is 0.598. The number of rotatable bonds is 4. The minimum atomic E-state index is -0.462. The third-order valence-corrected chi connectivity index (χ3v) is 4.12. The molecule has 0 fully saturated rings. The number of nitro benzene ring substituents is 1. The topological polar surface area (TPSA) is 91.2 Å². The molecule has 0 atom stereocenters. The number of non-ortho nitro benzene ring substituents is 1. The molecule has 2 aromatic heterocycles. The Morgan fingerprint density at radius 2 is 1.88 bits per heavy atom. The van der Waals surface area contributed by atoms with Crippen LogP contribution < -0.4 is 5.69 Å². The number of fused-ring (bicyclic) bond motifs is 1. The van der Waals surface area contributed by atoms with Gasteiger partial charge in [0.1, 0.15) is 5.76 Å². The molecule has 0 N–H and O–H groups in total. The molecule has 0 aliphatic carbocycles. The molecule has 7 heteroatoms. The lowest BCUT2D eigenvalue weighted by Gasteiger charge is -2.12. The lowest BCUT2D eigenvalue weighted by atomic mass is 10.1. The fourth-order valence-electron chi connectivity index (χ4n) is 2.91. The van der Waals surface area contributed by atoms with Gasteiger partial charge in [-0.3, -0.25) is 14.7 Å². The van der Waals surface area contributed by atoms with E-state index in [9.17, 15) is 14.9 Å². The van der Waals surface area contributed by atoms with Gasteiger partial charge in [-0.05, 0) is 18.2 Å². The third-order valence-electron chi connectivity index (χ3n) is 4.12. The van der Waals surface area contributed by atoms with Gasteiger partial charge in [0.15, 0.2) is 0 Å². The number of nitrogens with zero attached hydrogens (tertiary/aromatic N) is 3. The van der Waals surface area contributed by atoms with Crippen LogP contribution in [0.4, 0.5) is 5.69 Å². The predicted octanol–water partition coefficient (Wildman–Crippen LogP) is 3.61. The van der Waals surface area contributed by atoms with Crippen LogP contribution in [0.25, 0.3) is 22.2 Å². The number of benzene rings is 2. The highest BCUT2D eigenvalue weighted by Crippen LogP contribution is 2.28. The molecule has 4 rings (SSSR count). The van der Waals surface area contributed by atoms with Gasteiger partial charge in [0.05, 0.1) is 28.9 Å². The molecule has 0 saturated carbocycles. The fourth-order valence-corrected chi connectivity index (χ4v) is 2.91. The Bertz CT molecular complexity index is 1150. The molecule has 0 spiro atoms. The predicted molar refractivity (Wildman–Crippen MR) is 95.9 cm³/mol. The Labute approximate surface area is 147 Å². The van der Waals surface area contributed by atoms with Crippen LogP contribution in [-0.2, 0) is 6.54 Å². The molecular weight excluding hydrogens is 334 g/mol. The van der Waals surface area contributed by atoms with Crippen LogP contribution in [0.1, 0.15) is 5.76 Å². The molecule has 0 bridgehead atoms. The van der Waals surface area contributed by atoms with Crippen molar-refractivity contribution in [3.05, 3.63) is 93.3 Å². The fraction of sp³-hybridized carbons (Fsp3) is 0.0526. The van der Waals surface area contributed by atoms with Crippen LogP contribution in [0.2, 0.25) is 0 Å². The quantitative estimate of drug-likeness (QED) is 0.415. The molecule has 4 aromatic rings. The Morgan fingerprint density at radius 1 is 1.08 bits per heavy atom. The molecule has 0 aliphatic heterocycles.